The molecule has 0 aliphatic carbocycles. The lowest BCUT2D eigenvalue weighted by Crippen LogP contribution is -2.51. The Kier molecular flexibility index (Phi) is 3.22. The Morgan fingerprint density at radius 1 is 1.70 bits per heavy atom. The summed E-state index contributed by atoms with van der Waals surface area (Å²) < 4.78 is 0. The molecule has 57 valence electrons. The van der Waals surface area contributed by atoms with Gasteiger partial charge in [0, 0.05) is 19.6 Å². The van der Waals surface area contributed by atoms with Gasteiger partial charge in [0.2, 0.25) is 0 Å². The van der Waals surface area contributed by atoms with Gasteiger partial charge >= 0.3 is 0 Å². The third-order valence-electron chi connectivity index (χ3n) is 2.07. The SMILES string of the molecule is CC[B][C@H]1CNCCN1C. The smallest absolute Gasteiger partial charge is 0.134 e. The first-order valence-corrected chi connectivity index (χ1v) is 4.09. The molecule has 1 fully saturated rings. The van der Waals surface area contributed by atoms with Gasteiger partial charge in [-0.3, -0.25) is 0 Å². The van der Waals surface area contributed by atoms with Crippen LogP contribution >= 0.6 is 0 Å². The third kappa shape index (κ3) is 1.99. The van der Waals surface area contributed by atoms with Crippen LogP contribution in [0.3, 0.4) is 0 Å². The third-order valence-corrected chi connectivity index (χ3v) is 2.07. The van der Waals surface area contributed by atoms with Crippen molar-refractivity contribution in [2.24, 2.45) is 0 Å². The molecular formula is C7H16BN2. The van der Waals surface area contributed by atoms with E-state index in [1.54, 1.807) is 0 Å². The van der Waals surface area contributed by atoms with E-state index in [9.17, 15) is 0 Å². The monoisotopic (exact) mass is 139 g/mol. The molecule has 2 nitrogen and oxygen atoms in total. The number of likely N-dealkylation sites (N-methyl/N-ethyl adjacent to an activating group) is 1. The van der Waals surface area contributed by atoms with Gasteiger partial charge in [-0.25, -0.2) is 0 Å². The topological polar surface area (TPSA) is 15.3 Å². The second-order valence-electron chi connectivity index (χ2n) is 2.90. The normalized spacial score (nSPS) is 28.4. The van der Waals surface area contributed by atoms with Crippen LogP contribution in [0.1, 0.15) is 6.92 Å². The lowest BCUT2D eigenvalue weighted by Gasteiger charge is -2.32. The molecule has 0 saturated carbocycles. The molecule has 0 aromatic carbocycles. The van der Waals surface area contributed by atoms with Crippen molar-refractivity contribution < 1.29 is 0 Å². The van der Waals surface area contributed by atoms with Crippen LogP contribution in [0.2, 0.25) is 6.32 Å². The van der Waals surface area contributed by atoms with Gasteiger partial charge in [0.05, 0.1) is 0 Å². The Balaban J connectivity index is 2.25. The quantitative estimate of drug-likeness (QED) is 0.541. The van der Waals surface area contributed by atoms with Gasteiger partial charge in [0.1, 0.15) is 7.28 Å². The van der Waals surface area contributed by atoms with E-state index in [4.69, 9.17) is 0 Å². The van der Waals surface area contributed by atoms with Crippen molar-refractivity contribution in [2.45, 2.75) is 19.2 Å². The largest absolute Gasteiger partial charge is 0.315 e. The van der Waals surface area contributed by atoms with Crippen LogP contribution in [-0.4, -0.2) is 44.8 Å². The summed E-state index contributed by atoms with van der Waals surface area (Å²) in [6.45, 7) is 5.65. The number of piperazine rings is 1. The molecular weight excluding hydrogens is 123 g/mol. The minimum atomic E-state index is 0.666. The molecule has 0 bridgehead atoms. The Hall–Kier alpha value is -0.0151. The Morgan fingerprint density at radius 2 is 2.50 bits per heavy atom. The fraction of sp³-hybridized carbons (Fsp3) is 1.00. The van der Waals surface area contributed by atoms with Crippen LogP contribution in [-0.2, 0) is 0 Å². The maximum Gasteiger partial charge on any atom is 0.134 e. The van der Waals surface area contributed by atoms with Gasteiger partial charge in [-0.1, -0.05) is 13.2 Å². The minimum Gasteiger partial charge on any atom is -0.315 e. The van der Waals surface area contributed by atoms with E-state index in [2.05, 4.69) is 31.5 Å². The van der Waals surface area contributed by atoms with Gasteiger partial charge in [-0.2, -0.15) is 0 Å². The molecule has 0 amide bonds. The summed E-state index contributed by atoms with van der Waals surface area (Å²) in [4.78, 5) is 2.40. The molecule has 0 spiro atoms. The predicted octanol–water partition coefficient (Wildman–Crippen LogP) is -0.0101. The van der Waals surface area contributed by atoms with Crippen molar-refractivity contribution in [1.29, 1.82) is 0 Å². The zero-order valence-corrected chi connectivity index (χ0v) is 6.93. The molecule has 1 heterocycles. The molecule has 3 heteroatoms. The average Bonchev–Trinajstić information content (AvgIpc) is 1.94. The Morgan fingerprint density at radius 3 is 3.10 bits per heavy atom. The zero-order valence-electron chi connectivity index (χ0n) is 6.93. The second-order valence-corrected chi connectivity index (χ2v) is 2.90. The van der Waals surface area contributed by atoms with Gasteiger partial charge in [0.25, 0.3) is 0 Å². The standard InChI is InChI=1S/C7H16BN2/c1-3-8-7-6-9-4-5-10(7)2/h7,9H,3-6H2,1-2H3/t7-/m1/s1. The first-order valence-electron chi connectivity index (χ1n) is 4.09. The maximum atomic E-state index is 3.38. The highest BCUT2D eigenvalue weighted by Crippen LogP contribution is 1.98. The molecule has 1 radical (unpaired) electrons. The van der Waals surface area contributed by atoms with Crippen LogP contribution in [0.25, 0.3) is 0 Å². The highest BCUT2D eigenvalue weighted by Gasteiger charge is 2.17. The van der Waals surface area contributed by atoms with E-state index < -0.39 is 0 Å². The first kappa shape index (κ1) is 8.09. The van der Waals surface area contributed by atoms with Crippen molar-refractivity contribution in [2.75, 3.05) is 26.7 Å². The van der Waals surface area contributed by atoms with Crippen LogP contribution in [0.4, 0.5) is 0 Å². The van der Waals surface area contributed by atoms with Crippen LogP contribution in [0.5, 0.6) is 0 Å². The molecule has 0 unspecified atom stereocenters. The highest BCUT2D eigenvalue weighted by molar-refractivity contribution is 6.37. The number of hydrogen-bond acceptors (Lipinski definition) is 2. The van der Waals surface area contributed by atoms with Gasteiger partial charge in [-0.15, -0.1) is 0 Å². The van der Waals surface area contributed by atoms with E-state index in [1.807, 2.05) is 0 Å². The van der Waals surface area contributed by atoms with Crippen molar-refractivity contribution in [1.82, 2.24) is 10.2 Å². The summed E-state index contributed by atoms with van der Waals surface area (Å²) >= 11 is 0. The van der Waals surface area contributed by atoms with Crippen molar-refractivity contribution in [3.8, 4) is 0 Å². The van der Waals surface area contributed by atoms with Gasteiger partial charge in [-0.05, 0) is 13.0 Å². The molecule has 1 aliphatic rings. The Labute approximate surface area is 64.2 Å². The predicted molar refractivity (Wildman–Crippen MR) is 45.5 cm³/mol. The summed E-state index contributed by atoms with van der Waals surface area (Å²) in [5.41, 5.74) is 0. The van der Waals surface area contributed by atoms with Crippen molar-refractivity contribution in [3.63, 3.8) is 0 Å². The van der Waals surface area contributed by atoms with Crippen molar-refractivity contribution in [3.05, 3.63) is 0 Å². The second kappa shape index (κ2) is 3.99. The van der Waals surface area contributed by atoms with Crippen LogP contribution in [0.15, 0.2) is 0 Å². The molecule has 1 rings (SSSR count). The fourth-order valence-corrected chi connectivity index (χ4v) is 1.36. The Bertz CT molecular complexity index is 95.6. The lowest BCUT2D eigenvalue weighted by atomic mass is 9.66. The lowest BCUT2D eigenvalue weighted by molar-refractivity contribution is 0.257. The summed E-state index contributed by atoms with van der Waals surface area (Å²) in [5.74, 6) is 0.666. The highest BCUT2D eigenvalue weighted by atomic mass is 15.2. The zero-order chi connectivity index (χ0) is 7.40. The number of rotatable bonds is 2. The molecule has 1 aliphatic heterocycles. The van der Waals surface area contributed by atoms with E-state index in [-0.39, 0.29) is 0 Å². The maximum absolute atomic E-state index is 3.38. The summed E-state index contributed by atoms with van der Waals surface area (Å²) in [7, 11) is 4.56. The van der Waals surface area contributed by atoms with E-state index in [0.717, 1.165) is 13.1 Å². The van der Waals surface area contributed by atoms with Gasteiger partial charge in [0.15, 0.2) is 0 Å². The minimum absolute atomic E-state index is 0.666. The molecule has 10 heavy (non-hydrogen) atoms. The average molecular weight is 139 g/mol. The number of nitrogens with one attached hydrogen (secondary N) is 1. The number of hydrogen-bond donors (Lipinski definition) is 1. The van der Waals surface area contributed by atoms with Crippen LogP contribution < -0.4 is 5.32 Å². The molecule has 0 aromatic heterocycles. The molecule has 1 atom stereocenters. The van der Waals surface area contributed by atoms with E-state index >= 15 is 0 Å². The van der Waals surface area contributed by atoms with E-state index in [1.165, 1.54) is 12.9 Å². The number of nitrogens with zero attached hydrogens (tertiary/aromatic N) is 1. The summed E-state index contributed by atoms with van der Waals surface area (Å²) in [6.07, 6.45) is 1.18. The first-order chi connectivity index (χ1) is 4.84. The van der Waals surface area contributed by atoms with E-state index in [0.29, 0.717) is 5.94 Å². The van der Waals surface area contributed by atoms with Crippen LogP contribution in [0, 0.1) is 0 Å². The molecule has 1 saturated heterocycles. The molecule has 1 N–H and O–H groups in total. The van der Waals surface area contributed by atoms with Crippen molar-refractivity contribution >= 4 is 7.28 Å². The fourth-order valence-electron chi connectivity index (χ4n) is 1.36. The summed E-state index contributed by atoms with van der Waals surface area (Å²) in [6, 6.07) is 0. The molecule has 0 aromatic rings. The van der Waals surface area contributed by atoms with Gasteiger partial charge < -0.3 is 10.2 Å². The summed E-state index contributed by atoms with van der Waals surface area (Å²) in [5, 5.41) is 3.38.